The zero-order valence-corrected chi connectivity index (χ0v) is 24.1. The topological polar surface area (TPSA) is 77.0 Å². The number of aryl methyl sites for hydroxylation is 2. The molecule has 2 aliphatic heterocycles. The summed E-state index contributed by atoms with van der Waals surface area (Å²) in [5.74, 6) is 0.921. The number of halogens is 3. The number of benzene rings is 2. The van der Waals surface area contributed by atoms with Crippen LogP contribution in [0.1, 0.15) is 60.8 Å². The number of aliphatic imine (C=N–C) groups is 1. The Labute approximate surface area is 241 Å². The normalized spacial score (nSPS) is 23.3. The summed E-state index contributed by atoms with van der Waals surface area (Å²) in [6.45, 7) is 3.52. The van der Waals surface area contributed by atoms with Crippen molar-refractivity contribution < 1.29 is 23.1 Å². The molecule has 0 aromatic heterocycles. The van der Waals surface area contributed by atoms with E-state index in [1.54, 1.807) is 30.0 Å². The van der Waals surface area contributed by atoms with Gasteiger partial charge in [0.1, 0.15) is 11.4 Å². The molecule has 11 heteroatoms. The fourth-order valence-corrected chi connectivity index (χ4v) is 7.38. The third-order valence-electron chi connectivity index (χ3n) is 7.99. The molecule has 5 rings (SSSR count). The maximum Gasteiger partial charge on any atom is 0.416 e. The SMILES string of the molecule is Cc1cc(SNC2CCC(O)CC2)ccc1CCSN1CCC2(CC1)N=C(c1cccc(C(F)(F)F)c1)NC2=O. The maximum absolute atomic E-state index is 13.1. The number of piperidine rings is 1. The van der Waals surface area contributed by atoms with Crippen LogP contribution in [0, 0.1) is 6.92 Å². The standard InChI is InChI=1S/C29H35F3N4O2S2/c1-19-17-25(40-35-23-6-8-24(37)9-7-23)10-5-20(19)11-16-39-36-14-12-28(13-15-36)27(38)33-26(34-28)21-3-2-4-22(18-21)29(30,31)32/h2-5,10,17-18,23-24,35,37H,6-9,11-16H2,1H3,(H,33,34,38). The minimum Gasteiger partial charge on any atom is -0.393 e. The average molecular weight is 593 g/mol. The first-order chi connectivity index (χ1) is 19.1. The van der Waals surface area contributed by atoms with Gasteiger partial charge in [-0.15, -0.1) is 0 Å². The van der Waals surface area contributed by atoms with Crippen LogP contribution in [0.3, 0.4) is 0 Å². The summed E-state index contributed by atoms with van der Waals surface area (Å²) in [6.07, 6.45) is 1.17. The molecule has 2 heterocycles. The number of alkyl halides is 3. The third kappa shape index (κ3) is 7.05. The van der Waals surface area contributed by atoms with Crippen LogP contribution in [0.5, 0.6) is 0 Å². The number of amides is 1. The van der Waals surface area contributed by atoms with Crippen molar-refractivity contribution in [3.63, 3.8) is 0 Å². The van der Waals surface area contributed by atoms with Crippen molar-refractivity contribution in [2.75, 3.05) is 18.8 Å². The largest absolute Gasteiger partial charge is 0.416 e. The molecule has 6 nitrogen and oxygen atoms in total. The predicted octanol–water partition coefficient (Wildman–Crippen LogP) is 5.52. The number of amidine groups is 1. The van der Waals surface area contributed by atoms with Gasteiger partial charge in [0.15, 0.2) is 0 Å². The van der Waals surface area contributed by atoms with Crippen molar-refractivity contribution in [2.24, 2.45) is 4.99 Å². The number of carbonyl (C=O) groups is 1. The summed E-state index contributed by atoms with van der Waals surface area (Å²) in [7, 11) is 0. The van der Waals surface area contributed by atoms with Gasteiger partial charge in [-0.05, 0) is 99.2 Å². The quantitative estimate of drug-likeness (QED) is 0.351. The first-order valence-corrected chi connectivity index (χ1v) is 15.5. The van der Waals surface area contributed by atoms with Crippen LogP contribution in [0.2, 0.25) is 0 Å². The summed E-state index contributed by atoms with van der Waals surface area (Å²) >= 11 is 3.44. The zero-order chi connectivity index (χ0) is 28.3. The van der Waals surface area contributed by atoms with E-state index in [0.29, 0.717) is 32.0 Å². The van der Waals surface area contributed by atoms with E-state index in [1.165, 1.54) is 22.1 Å². The Hall–Kier alpha value is -2.05. The lowest BCUT2D eigenvalue weighted by Gasteiger charge is -2.34. The highest BCUT2D eigenvalue weighted by Gasteiger charge is 2.46. The fourth-order valence-electron chi connectivity index (χ4n) is 5.46. The Kier molecular flexibility index (Phi) is 9.16. The van der Waals surface area contributed by atoms with Gasteiger partial charge in [0.05, 0.1) is 11.7 Å². The molecule has 0 radical (unpaired) electrons. The Morgan fingerprint density at radius 1 is 1.12 bits per heavy atom. The lowest BCUT2D eigenvalue weighted by Crippen LogP contribution is -2.47. The molecule has 0 bridgehead atoms. The lowest BCUT2D eigenvalue weighted by molar-refractivity contribution is -0.137. The molecule has 40 heavy (non-hydrogen) atoms. The third-order valence-corrected chi connectivity index (χ3v) is 10.1. The van der Waals surface area contributed by atoms with E-state index in [1.807, 2.05) is 0 Å². The second-order valence-corrected chi connectivity index (χ2v) is 12.9. The van der Waals surface area contributed by atoms with E-state index in [2.05, 4.69) is 44.5 Å². The van der Waals surface area contributed by atoms with Crippen LogP contribution >= 0.6 is 23.9 Å². The molecule has 0 unspecified atom stereocenters. The smallest absolute Gasteiger partial charge is 0.393 e. The Morgan fingerprint density at radius 2 is 1.88 bits per heavy atom. The molecule has 1 amide bonds. The van der Waals surface area contributed by atoms with E-state index < -0.39 is 17.3 Å². The van der Waals surface area contributed by atoms with Gasteiger partial charge in [0.2, 0.25) is 0 Å². The summed E-state index contributed by atoms with van der Waals surface area (Å²) in [5, 5.41) is 12.4. The summed E-state index contributed by atoms with van der Waals surface area (Å²) in [5.41, 5.74) is 1.20. The molecule has 0 atom stereocenters. The van der Waals surface area contributed by atoms with Crippen LogP contribution in [0.15, 0.2) is 52.4 Å². The number of nitrogens with one attached hydrogen (secondary N) is 2. The molecule has 1 saturated carbocycles. The number of aliphatic hydroxyl groups excluding tert-OH is 1. The van der Waals surface area contributed by atoms with Crippen LogP contribution in [-0.4, -0.2) is 57.7 Å². The Morgan fingerprint density at radius 3 is 2.58 bits per heavy atom. The number of nitrogens with zero attached hydrogens (tertiary/aromatic N) is 2. The van der Waals surface area contributed by atoms with Gasteiger partial charge in [-0.2, -0.15) is 13.2 Å². The van der Waals surface area contributed by atoms with Gasteiger partial charge >= 0.3 is 6.18 Å². The summed E-state index contributed by atoms with van der Waals surface area (Å²) in [4.78, 5) is 18.7. The van der Waals surface area contributed by atoms with E-state index in [4.69, 9.17) is 0 Å². The van der Waals surface area contributed by atoms with E-state index in [-0.39, 0.29) is 23.4 Å². The summed E-state index contributed by atoms with van der Waals surface area (Å²) < 4.78 is 45.2. The van der Waals surface area contributed by atoms with Crippen molar-refractivity contribution in [2.45, 2.75) is 80.6 Å². The van der Waals surface area contributed by atoms with Gasteiger partial charge in [0, 0.05) is 35.3 Å². The van der Waals surface area contributed by atoms with Crippen LogP contribution in [0.25, 0.3) is 0 Å². The fraction of sp³-hybridized carbons (Fsp3) is 0.517. The Balaban J connectivity index is 1.09. The number of rotatable bonds is 8. The van der Waals surface area contributed by atoms with Crippen molar-refractivity contribution >= 4 is 35.6 Å². The highest BCUT2D eigenvalue weighted by molar-refractivity contribution is 7.97. The monoisotopic (exact) mass is 592 g/mol. The van der Waals surface area contributed by atoms with Crippen LogP contribution < -0.4 is 10.0 Å². The lowest BCUT2D eigenvalue weighted by atomic mass is 9.89. The average Bonchev–Trinajstić information content (AvgIpc) is 3.25. The molecule has 3 N–H and O–H groups in total. The predicted molar refractivity (Wildman–Crippen MR) is 154 cm³/mol. The minimum atomic E-state index is -4.45. The first kappa shape index (κ1) is 29.4. The van der Waals surface area contributed by atoms with Crippen molar-refractivity contribution in [3.05, 3.63) is 64.7 Å². The second-order valence-electron chi connectivity index (χ2n) is 10.9. The molecule has 3 aliphatic rings. The minimum absolute atomic E-state index is 0.143. The molecule has 216 valence electrons. The van der Waals surface area contributed by atoms with Gasteiger partial charge in [-0.3, -0.25) is 18.8 Å². The van der Waals surface area contributed by atoms with E-state index in [9.17, 15) is 23.1 Å². The first-order valence-electron chi connectivity index (χ1n) is 13.8. The van der Waals surface area contributed by atoms with E-state index >= 15 is 0 Å². The number of carbonyl (C=O) groups excluding carboxylic acids is 1. The number of hydrogen-bond acceptors (Lipinski definition) is 7. The van der Waals surface area contributed by atoms with Crippen LogP contribution in [-0.2, 0) is 17.4 Å². The van der Waals surface area contributed by atoms with Crippen molar-refractivity contribution in [3.8, 4) is 0 Å². The number of aliphatic hydroxyl groups is 1. The highest BCUT2D eigenvalue weighted by atomic mass is 32.2. The molecule has 2 aromatic carbocycles. The van der Waals surface area contributed by atoms with Crippen molar-refractivity contribution in [1.82, 2.24) is 14.3 Å². The summed E-state index contributed by atoms with van der Waals surface area (Å²) in [6, 6.07) is 12.0. The van der Waals surface area contributed by atoms with Gasteiger partial charge in [-0.1, -0.05) is 30.1 Å². The molecule has 1 saturated heterocycles. The van der Waals surface area contributed by atoms with Gasteiger partial charge < -0.3 is 10.4 Å². The molecule has 2 fully saturated rings. The Bertz CT molecular complexity index is 1240. The molecule has 1 aliphatic carbocycles. The second kappa shape index (κ2) is 12.4. The molecular weight excluding hydrogens is 557 g/mol. The highest BCUT2D eigenvalue weighted by Crippen LogP contribution is 2.35. The van der Waals surface area contributed by atoms with Gasteiger partial charge in [-0.25, -0.2) is 0 Å². The van der Waals surface area contributed by atoms with E-state index in [0.717, 1.165) is 50.0 Å². The van der Waals surface area contributed by atoms with Crippen LogP contribution in [0.4, 0.5) is 13.2 Å². The molecular formula is C29H35F3N4O2S2. The zero-order valence-electron chi connectivity index (χ0n) is 22.5. The van der Waals surface area contributed by atoms with Gasteiger partial charge in [0.25, 0.3) is 5.91 Å². The molecule has 1 spiro atoms. The number of hydrogen-bond donors (Lipinski definition) is 3. The maximum atomic E-state index is 13.1. The molecule has 2 aromatic rings. The van der Waals surface area contributed by atoms with Crippen molar-refractivity contribution in [1.29, 1.82) is 0 Å².